The van der Waals surface area contributed by atoms with Gasteiger partial charge in [-0.05, 0) is 44.0 Å². The SMILES string of the molecule is Fc1ccc(O[C@H]2CN3CCC2CC3)cc1F. The summed E-state index contributed by atoms with van der Waals surface area (Å²) in [6.45, 7) is 3.19. The second kappa shape index (κ2) is 4.26. The average Bonchev–Trinajstić information content (AvgIpc) is 2.35. The predicted molar refractivity (Wildman–Crippen MR) is 59.9 cm³/mol. The first-order valence-electron chi connectivity index (χ1n) is 6.06. The van der Waals surface area contributed by atoms with Gasteiger partial charge in [-0.15, -0.1) is 0 Å². The number of fused-ring (bicyclic) bond motifs is 3. The van der Waals surface area contributed by atoms with Crippen LogP contribution in [0.5, 0.6) is 5.75 Å². The van der Waals surface area contributed by atoms with Crippen LogP contribution in [0.15, 0.2) is 18.2 Å². The molecule has 0 saturated carbocycles. The topological polar surface area (TPSA) is 12.5 Å². The summed E-state index contributed by atoms with van der Waals surface area (Å²) < 4.78 is 31.6. The number of piperidine rings is 3. The maximum absolute atomic E-state index is 13.1. The van der Waals surface area contributed by atoms with E-state index in [0.717, 1.165) is 44.6 Å². The molecule has 4 heteroatoms. The standard InChI is InChI=1S/C13H15F2NO/c14-11-2-1-10(7-12(11)15)17-13-8-16-5-3-9(13)4-6-16/h1-2,7,9,13H,3-6,8H2/t13-/m0/s1. The van der Waals surface area contributed by atoms with Gasteiger partial charge in [0.05, 0.1) is 0 Å². The van der Waals surface area contributed by atoms with Crippen LogP contribution in [-0.2, 0) is 0 Å². The van der Waals surface area contributed by atoms with Crippen molar-refractivity contribution in [3.63, 3.8) is 0 Å². The van der Waals surface area contributed by atoms with Crippen molar-refractivity contribution >= 4 is 0 Å². The van der Waals surface area contributed by atoms with E-state index in [4.69, 9.17) is 4.74 Å². The Hall–Kier alpha value is -1.16. The highest BCUT2D eigenvalue weighted by atomic mass is 19.2. The lowest BCUT2D eigenvalue weighted by atomic mass is 9.86. The van der Waals surface area contributed by atoms with E-state index in [1.165, 1.54) is 6.07 Å². The molecule has 92 valence electrons. The van der Waals surface area contributed by atoms with Crippen LogP contribution in [0.4, 0.5) is 8.78 Å². The molecule has 4 rings (SSSR count). The van der Waals surface area contributed by atoms with Crippen LogP contribution in [0.25, 0.3) is 0 Å². The second-order valence-corrected chi connectivity index (χ2v) is 4.87. The van der Waals surface area contributed by atoms with Crippen molar-refractivity contribution in [2.45, 2.75) is 18.9 Å². The molecule has 2 nitrogen and oxygen atoms in total. The Labute approximate surface area is 99.2 Å². The zero-order valence-corrected chi connectivity index (χ0v) is 9.53. The normalized spacial score (nSPS) is 31.5. The summed E-state index contributed by atoms with van der Waals surface area (Å²) in [4.78, 5) is 2.37. The summed E-state index contributed by atoms with van der Waals surface area (Å²) in [5.41, 5.74) is 0. The highest BCUT2D eigenvalue weighted by molar-refractivity contribution is 5.24. The van der Waals surface area contributed by atoms with Crippen molar-refractivity contribution in [1.82, 2.24) is 4.90 Å². The molecule has 3 fully saturated rings. The van der Waals surface area contributed by atoms with Gasteiger partial charge in [-0.3, -0.25) is 4.90 Å². The molecular formula is C13H15F2NO. The van der Waals surface area contributed by atoms with Crippen LogP contribution in [0.3, 0.4) is 0 Å². The molecule has 17 heavy (non-hydrogen) atoms. The summed E-state index contributed by atoms with van der Waals surface area (Å²) in [5.74, 6) is -0.675. The molecule has 0 radical (unpaired) electrons. The number of hydrogen-bond donors (Lipinski definition) is 0. The Bertz CT molecular complexity index is 416. The van der Waals surface area contributed by atoms with Crippen molar-refractivity contribution in [2.24, 2.45) is 5.92 Å². The van der Waals surface area contributed by atoms with Crippen molar-refractivity contribution in [1.29, 1.82) is 0 Å². The van der Waals surface area contributed by atoms with E-state index < -0.39 is 11.6 Å². The minimum atomic E-state index is -0.844. The first-order chi connectivity index (χ1) is 8.22. The van der Waals surface area contributed by atoms with E-state index in [2.05, 4.69) is 4.90 Å². The quantitative estimate of drug-likeness (QED) is 0.786. The fourth-order valence-corrected chi connectivity index (χ4v) is 2.77. The van der Waals surface area contributed by atoms with Crippen molar-refractivity contribution in [3.8, 4) is 5.75 Å². The molecule has 1 aromatic rings. The third-order valence-corrected chi connectivity index (χ3v) is 3.77. The molecule has 3 aliphatic heterocycles. The Morgan fingerprint density at radius 3 is 2.47 bits per heavy atom. The number of hydrogen-bond acceptors (Lipinski definition) is 2. The minimum Gasteiger partial charge on any atom is -0.489 e. The predicted octanol–water partition coefficient (Wildman–Crippen LogP) is 2.44. The van der Waals surface area contributed by atoms with Crippen LogP contribution in [-0.4, -0.2) is 30.6 Å². The van der Waals surface area contributed by atoms with E-state index >= 15 is 0 Å². The molecular weight excluding hydrogens is 224 g/mol. The van der Waals surface area contributed by atoms with E-state index in [9.17, 15) is 8.78 Å². The third-order valence-electron chi connectivity index (χ3n) is 3.77. The largest absolute Gasteiger partial charge is 0.489 e. The maximum Gasteiger partial charge on any atom is 0.162 e. The van der Waals surface area contributed by atoms with Gasteiger partial charge < -0.3 is 4.74 Å². The molecule has 1 atom stereocenters. The third kappa shape index (κ3) is 2.14. The molecule has 2 bridgehead atoms. The van der Waals surface area contributed by atoms with Gasteiger partial charge in [0.25, 0.3) is 0 Å². The van der Waals surface area contributed by atoms with Gasteiger partial charge in [0.15, 0.2) is 11.6 Å². The lowest BCUT2D eigenvalue weighted by Crippen LogP contribution is -2.52. The number of benzene rings is 1. The highest BCUT2D eigenvalue weighted by Crippen LogP contribution is 2.30. The zero-order chi connectivity index (χ0) is 11.8. The minimum absolute atomic E-state index is 0.127. The average molecular weight is 239 g/mol. The van der Waals surface area contributed by atoms with Gasteiger partial charge in [-0.1, -0.05) is 0 Å². The Morgan fingerprint density at radius 2 is 1.88 bits per heavy atom. The molecule has 1 aromatic carbocycles. The van der Waals surface area contributed by atoms with Crippen molar-refractivity contribution in [3.05, 3.63) is 29.8 Å². The molecule has 3 saturated heterocycles. The first kappa shape index (κ1) is 11.0. The number of rotatable bonds is 2. The Balaban J connectivity index is 1.72. The summed E-state index contributed by atoms with van der Waals surface area (Å²) >= 11 is 0. The number of halogens is 2. The first-order valence-corrected chi connectivity index (χ1v) is 6.06. The van der Waals surface area contributed by atoms with Crippen LogP contribution < -0.4 is 4.74 Å². The molecule has 3 heterocycles. The Kier molecular flexibility index (Phi) is 2.74. The molecule has 0 N–H and O–H groups in total. The van der Waals surface area contributed by atoms with E-state index in [-0.39, 0.29) is 6.10 Å². The fourth-order valence-electron chi connectivity index (χ4n) is 2.77. The van der Waals surface area contributed by atoms with Crippen molar-refractivity contribution < 1.29 is 13.5 Å². The Morgan fingerprint density at radius 1 is 1.12 bits per heavy atom. The molecule has 0 aromatic heterocycles. The lowest BCUT2D eigenvalue weighted by Gasteiger charge is -2.44. The lowest BCUT2D eigenvalue weighted by molar-refractivity contribution is -0.00793. The van der Waals surface area contributed by atoms with E-state index in [0.29, 0.717) is 11.7 Å². The number of ether oxygens (including phenoxy) is 1. The summed E-state index contributed by atoms with van der Waals surface area (Å²) in [6.07, 6.45) is 2.42. The van der Waals surface area contributed by atoms with Gasteiger partial charge in [0.1, 0.15) is 11.9 Å². The summed E-state index contributed by atoms with van der Waals surface area (Å²) in [6, 6.07) is 3.75. The fraction of sp³-hybridized carbons (Fsp3) is 0.538. The van der Waals surface area contributed by atoms with Gasteiger partial charge in [-0.2, -0.15) is 0 Å². The molecule has 0 aliphatic carbocycles. The van der Waals surface area contributed by atoms with E-state index in [1.54, 1.807) is 0 Å². The van der Waals surface area contributed by atoms with Crippen LogP contribution >= 0.6 is 0 Å². The summed E-state index contributed by atoms with van der Waals surface area (Å²) in [5, 5.41) is 0. The van der Waals surface area contributed by atoms with Gasteiger partial charge in [-0.25, -0.2) is 8.78 Å². The molecule has 3 aliphatic rings. The molecule has 0 amide bonds. The maximum atomic E-state index is 13.1. The van der Waals surface area contributed by atoms with Crippen LogP contribution in [0.1, 0.15) is 12.8 Å². The number of nitrogens with zero attached hydrogens (tertiary/aromatic N) is 1. The second-order valence-electron chi connectivity index (χ2n) is 4.87. The van der Waals surface area contributed by atoms with Crippen LogP contribution in [0.2, 0.25) is 0 Å². The van der Waals surface area contributed by atoms with Crippen LogP contribution in [0, 0.1) is 17.6 Å². The van der Waals surface area contributed by atoms with Gasteiger partial charge >= 0.3 is 0 Å². The van der Waals surface area contributed by atoms with E-state index in [1.807, 2.05) is 0 Å². The smallest absolute Gasteiger partial charge is 0.162 e. The summed E-state index contributed by atoms with van der Waals surface area (Å²) in [7, 11) is 0. The molecule has 0 spiro atoms. The monoisotopic (exact) mass is 239 g/mol. The molecule has 0 unspecified atom stereocenters. The zero-order valence-electron chi connectivity index (χ0n) is 9.53. The highest BCUT2D eigenvalue weighted by Gasteiger charge is 2.35. The van der Waals surface area contributed by atoms with Gasteiger partial charge in [0.2, 0.25) is 0 Å². The van der Waals surface area contributed by atoms with Gasteiger partial charge in [0, 0.05) is 12.6 Å². The van der Waals surface area contributed by atoms with Crippen molar-refractivity contribution in [2.75, 3.05) is 19.6 Å².